The fourth-order valence-electron chi connectivity index (χ4n) is 2.38. The summed E-state index contributed by atoms with van der Waals surface area (Å²) in [6.07, 6.45) is -6.23. The van der Waals surface area contributed by atoms with Gasteiger partial charge in [-0.3, -0.25) is 0 Å². The molecule has 0 aliphatic carbocycles. The van der Waals surface area contributed by atoms with E-state index in [1.54, 1.807) is 0 Å². The van der Waals surface area contributed by atoms with Crippen molar-refractivity contribution >= 4 is 25.7 Å². The molecule has 4 N–H and O–H groups in total. The lowest BCUT2D eigenvalue weighted by Gasteiger charge is -2.29. The first-order chi connectivity index (χ1) is 12.2. The minimum atomic E-state index is -5.11. The van der Waals surface area contributed by atoms with Crippen molar-refractivity contribution < 1.29 is 39.9 Å². The third-order valence-corrected chi connectivity index (χ3v) is 5.91. The Morgan fingerprint density at radius 3 is 2.48 bits per heavy atom. The number of nitrogens with zero attached hydrogens (tertiary/aromatic N) is 1. The van der Waals surface area contributed by atoms with Gasteiger partial charge in [0.2, 0.25) is 20.0 Å². The number of primary sulfonamides is 1. The lowest BCUT2D eigenvalue weighted by Crippen LogP contribution is -2.45. The van der Waals surface area contributed by atoms with Gasteiger partial charge < -0.3 is 10.2 Å². The second-order valence-corrected chi connectivity index (χ2v) is 8.62. The van der Waals surface area contributed by atoms with Crippen LogP contribution in [0.15, 0.2) is 21.9 Å². The molecule has 27 heavy (non-hydrogen) atoms. The Labute approximate surface area is 150 Å². The molecule has 0 fully saturated rings. The molecule has 1 aliphatic rings. The Balaban J connectivity index is 2.41. The second kappa shape index (κ2) is 7.10. The summed E-state index contributed by atoms with van der Waals surface area (Å²) in [7, 11) is -9.22. The van der Waals surface area contributed by atoms with Crippen LogP contribution >= 0.6 is 0 Å². The number of rotatable bonds is 6. The van der Waals surface area contributed by atoms with Gasteiger partial charge in [-0.15, -0.1) is 10.1 Å². The smallest absolute Gasteiger partial charge is 0.368 e. The van der Waals surface area contributed by atoms with E-state index in [9.17, 15) is 40.1 Å². The van der Waals surface area contributed by atoms with Crippen LogP contribution in [0.3, 0.4) is 0 Å². The Kier molecular flexibility index (Phi) is 5.56. The van der Waals surface area contributed by atoms with E-state index in [4.69, 9.17) is 5.14 Å². The highest BCUT2D eigenvalue weighted by Gasteiger charge is 2.40. The molecule has 1 aromatic rings. The summed E-state index contributed by atoms with van der Waals surface area (Å²) in [5.74, 6) is 0. The summed E-state index contributed by atoms with van der Waals surface area (Å²) < 4.78 is 89.0. The number of alkyl halides is 3. The van der Waals surface area contributed by atoms with Crippen LogP contribution in [-0.4, -0.2) is 34.7 Å². The van der Waals surface area contributed by atoms with Gasteiger partial charge in [-0.1, -0.05) is 0 Å². The number of fused-ring (bicyclic) bond motifs is 1. The van der Waals surface area contributed by atoms with Gasteiger partial charge in [0.05, 0.1) is 28.9 Å². The zero-order chi connectivity index (χ0) is 20.6. The standard InChI is InChI=1S/C11H13F3N4O7S2/c12-11(13,14)6-4-7-9(5-8(6)26(15,21)22)27(23,24)17-10(16-7)2-1-3-25-18(19)20/h4-5,10,16-17H,1-3H2,(H2,15,21,22). The molecule has 0 amide bonds. The number of hydrogen-bond acceptors (Lipinski definition) is 8. The minimum absolute atomic E-state index is 0.0118. The zero-order valence-corrected chi connectivity index (χ0v) is 14.8. The van der Waals surface area contributed by atoms with Gasteiger partial charge in [0.25, 0.3) is 5.09 Å². The molecule has 11 nitrogen and oxygen atoms in total. The van der Waals surface area contributed by atoms with Gasteiger partial charge in [-0.05, 0) is 25.0 Å². The van der Waals surface area contributed by atoms with E-state index in [0.29, 0.717) is 12.1 Å². The first-order valence-corrected chi connectivity index (χ1v) is 10.1. The van der Waals surface area contributed by atoms with Gasteiger partial charge in [-0.2, -0.15) is 17.9 Å². The molecular formula is C11H13F3N4O7S2. The topological polar surface area (TPSA) is 171 Å². The second-order valence-electron chi connectivity index (χ2n) is 5.40. The zero-order valence-electron chi connectivity index (χ0n) is 13.2. The summed E-state index contributed by atoms with van der Waals surface area (Å²) in [6.45, 7) is -0.349. The predicted molar refractivity (Wildman–Crippen MR) is 82.7 cm³/mol. The molecule has 0 aromatic heterocycles. The van der Waals surface area contributed by atoms with Gasteiger partial charge >= 0.3 is 6.18 Å². The Hall–Kier alpha value is -2.17. The first-order valence-electron chi connectivity index (χ1n) is 7.06. The van der Waals surface area contributed by atoms with Gasteiger partial charge in [0.1, 0.15) is 4.90 Å². The van der Waals surface area contributed by atoms with Crippen molar-refractivity contribution in [2.45, 2.75) is 35.0 Å². The fourth-order valence-corrected chi connectivity index (χ4v) is 4.58. The number of sulfonamides is 2. The molecule has 1 heterocycles. The average molecular weight is 434 g/mol. The maximum absolute atomic E-state index is 13.2. The Morgan fingerprint density at radius 2 is 1.96 bits per heavy atom. The molecule has 0 bridgehead atoms. The highest BCUT2D eigenvalue weighted by molar-refractivity contribution is 7.90. The molecule has 1 atom stereocenters. The predicted octanol–water partition coefficient (Wildman–Crippen LogP) is 0.371. The number of benzene rings is 1. The van der Waals surface area contributed by atoms with E-state index in [2.05, 4.69) is 14.9 Å². The van der Waals surface area contributed by atoms with Crippen LogP contribution in [0.1, 0.15) is 18.4 Å². The summed E-state index contributed by atoms with van der Waals surface area (Å²) in [4.78, 5) is 12.0. The Bertz CT molecular complexity index is 963. The number of anilines is 1. The van der Waals surface area contributed by atoms with Gasteiger partial charge in [0, 0.05) is 0 Å². The fraction of sp³-hybridized carbons (Fsp3) is 0.455. The molecule has 0 radical (unpaired) electrons. The molecule has 16 heteroatoms. The summed E-state index contributed by atoms with van der Waals surface area (Å²) >= 11 is 0. The van der Waals surface area contributed by atoms with Crippen molar-refractivity contribution in [2.24, 2.45) is 5.14 Å². The van der Waals surface area contributed by atoms with E-state index in [0.717, 1.165) is 0 Å². The van der Waals surface area contributed by atoms with Gasteiger partial charge in [-0.25, -0.2) is 22.0 Å². The highest BCUT2D eigenvalue weighted by Crippen LogP contribution is 2.39. The third-order valence-electron chi connectivity index (χ3n) is 3.44. The summed E-state index contributed by atoms with van der Waals surface area (Å²) in [6, 6.07) is 0.670. The molecule has 2 rings (SSSR count). The minimum Gasteiger partial charge on any atom is -0.368 e. The van der Waals surface area contributed by atoms with Crippen LogP contribution in [0, 0.1) is 10.1 Å². The van der Waals surface area contributed by atoms with Crippen LogP contribution in [0.5, 0.6) is 0 Å². The van der Waals surface area contributed by atoms with Crippen molar-refractivity contribution in [3.8, 4) is 0 Å². The van der Waals surface area contributed by atoms with Crippen LogP contribution in [0.25, 0.3) is 0 Å². The lowest BCUT2D eigenvalue weighted by molar-refractivity contribution is -0.757. The van der Waals surface area contributed by atoms with Crippen LogP contribution in [0.2, 0.25) is 0 Å². The van der Waals surface area contributed by atoms with Crippen molar-refractivity contribution in [2.75, 3.05) is 11.9 Å². The molecule has 0 saturated carbocycles. The number of nitrogens with one attached hydrogen (secondary N) is 2. The highest BCUT2D eigenvalue weighted by atomic mass is 32.2. The maximum atomic E-state index is 13.2. The van der Waals surface area contributed by atoms with Crippen molar-refractivity contribution in [1.29, 1.82) is 0 Å². The van der Waals surface area contributed by atoms with Crippen molar-refractivity contribution in [3.05, 3.63) is 27.8 Å². The molecule has 1 aliphatic heterocycles. The lowest BCUT2D eigenvalue weighted by atomic mass is 10.1. The number of nitrogens with two attached hydrogens (primary N) is 1. The summed E-state index contributed by atoms with van der Waals surface area (Å²) in [5, 5.41) is 16.3. The molecule has 152 valence electrons. The Morgan fingerprint density at radius 1 is 1.33 bits per heavy atom. The number of hydrogen-bond donors (Lipinski definition) is 3. The first kappa shape index (κ1) is 21.1. The van der Waals surface area contributed by atoms with Crippen LogP contribution < -0.4 is 15.2 Å². The van der Waals surface area contributed by atoms with Crippen molar-refractivity contribution in [1.82, 2.24) is 4.72 Å². The van der Waals surface area contributed by atoms with E-state index in [1.165, 1.54) is 0 Å². The maximum Gasteiger partial charge on any atom is 0.417 e. The molecule has 1 unspecified atom stereocenters. The molecule has 0 spiro atoms. The average Bonchev–Trinajstić information content (AvgIpc) is 2.48. The van der Waals surface area contributed by atoms with E-state index in [1.807, 2.05) is 0 Å². The summed E-state index contributed by atoms with van der Waals surface area (Å²) in [5.41, 5.74) is -2.10. The molecule has 1 aromatic carbocycles. The SMILES string of the molecule is NS(=O)(=O)c1cc2c(cc1C(F)(F)F)NC(CCCO[N+](=O)[O-])NS2(=O)=O. The van der Waals surface area contributed by atoms with E-state index < -0.39 is 58.5 Å². The largest absolute Gasteiger partial charge is 0.417 e. The molecule has 0 saturated heterocycles. The van der Waals surface area contributed by atoms with E-state index >= 15 is 0 Å². The third kappa shape index (κ3) is 4.96. The van der Waals surface area contributed by atoms with E-state index in [-0.39, 0.29) is 19.4 Å². The normalized spacial score (nSPS) is 19.0. The van der Waals surface area contributed by atoms with Crippen LogP contribution in [-0.2, 0) is 31.1 Å². The van der Waals surface area contributed by atoms with Crippen LogP contribution in [0.4, 0.5) is 18.9 Å². The molecular weight excluding hydrogens is 421 g/mol. The van der Waals surface area contributed by atoms with Gasteiger partial charge in [0.15, 0.2) is 0 Å². The quantitative estimate of drug-likeness (QED) is 0.327. The van der Waals surface area contributed by atoms with Crippen molar-refractivity contribution in [3.63, 3.8) is 0 Å². The number of halogens is 3. The monoisotopic (exact) mass is 434 g/mol.